The molecule has 1 aromatic heterocycles. The number of aromatic nitrogens is 2. The van der Waals surface area contributed by atoms with Crippen molar-refractivity contribution in [2.75, 3.05) is 0 Å². The van der Waals surface area contributed by atoms with E-state index in [0.717, 1.165) is 0 Å². The summed E-state index contributed by atoms with van der Waals surface area (Å²) in [4.78, 5) is 7.81. The minimum atomic E-state index is 0.263. The summed E-state index contributed by atoms with van der Waals surface area (Å²) in [7, 11) is 0. The third-order valence-electron chi connectivity index (χ3n) is 0.909. The molecular formula is C6H4BrN3. The highest BCUT2D eigenvalue weighted by Gasteiger charge is 1.93. The molecule has 0 fully saturated rings. The molecule has 0 aliphatic carbocycles. The molecule has 0 bridgehead atoms. The third kappa shape index (κ3) is 1.78. The number of rotatable bonds is 1. The summed E-state index contributed by atoms with van der Waals surface area (Å²) in [6.45, 7) is 0. The molecule has 0 saturated carbocycles. The van der Waals surface area contributed by atoms with Gasteiger partial charge in [0.25, 0.3) is 0 Å². The van der Waals surface area contributed by atoms with Gasteiger partial charge in [-0.1, -0.05) is 0 Å². The normalized spacial score (nSPS) is 8.80. The monoisotopic (exact) mass is 197 g/mol. The van der Waals surface area contributed by atoms with Gasteiger partial charge < -0.3 is 0 Å². The van der Waals surface area contributed by atoms with Crippen LogP contribution in [0.25, 0.3) is 0 Å². The topological polar surface area (TPSA) is 49.6 Å². The van der Waals surface area contributed by atoms with Gasteiger partial charge in [-0.15, -0.1) is 0 Å². The van der Waals surface area contributed by atoms with Gasteiger partial charge in [0.1, 0.15) is 10.4 Å². The van der Waals surface area contributed by atoms with Crippen LogP contribution in [-0.4, -0.2) is 9.97 Å². The minimum Gasteiger partial charge on any atom is -0.240 e. The summed E-state index contributed by atoms with van der Waals surface area (Å²) in [6.07, 6.45) is 1.88. The summed E-state index contributed by atoms with van der Waals surface area (Å²) >= 11 is 3.17. The molecule has 0 N–H and O–H groups in total. The van der Waals surface area contributed by atoms with Crippen molar-refractivity contribution in [1.29, 1.82) is 5.26 Å². The van der Waals surface area contributed by atoms with E-state index in [1.54, 1.807) is 12.3 Å². The zero-order chi connectivity index (χ0) is 7.40. The van der Waals surface area contributed by atoms with Crippen LogP contribution in [-0.2, 0) is 6.42 Å². The van der Waals surface area contributed by atoms with E-state index >= 15 is 0 Å². The Balaban J connectivity index is 2.87. The predicted octanol–water partition coefficient (Wildman–Crippen LogP) is 1.31. The molecule has 10 heavy (non-hydrogen) atoms. The van der Waals surface area contributed by atoms with Crippen molar-refractivity contribution in [3.8, 4) is 6.07 Å². The Labute approximate surface area is 66.9 Å². The fourth-order valence-corrected chi connectivity index (χ4v) is 0.853. The van der Waals surface area contributed by atoms with Crippen molar-refractivity contribution in [3.63, 3.8) is 0 Å². The second-order valence-corrected chi connectivity index (χ2v) is 2.44. The van der Waals surface area contributed by atoms with Gasteiger partial charge in [-0.3, -0.25) is 0 Å². The molecule has 4 heteroatoms. The van der Waals surface area contributed by atoms with E-state index in [1.807, 2.05) is 6.07 Å². The highest BCUT2D eigenvalue weighted by atomic mass is 79.9. The minimum absolute atomic E-state index is 0.263. The molecule has 1 aromatic rings. The van der Waals surface area contributed by atoms with Gasteiger partial charge in [0.05, 0.1) is 12.5 Å². The molecular weight excluding hydrogens is 194 g/mol. The number of hydrogen-bond acceptors (Lipinski definition) is 3. The highest BCUT2D eigenvalue weighted by molar-refractivity contribution is 9.10. The van der Waals surface area contributed by atoms with Crippen LogP contribution in [0.1, 0.15) is 5.82 Å². The second-order valence-electron chi connectivity index (χ2n) is 1.63. The van der Waals surface area contributed by atoms with E-state index in [9.17, 15) is 0 Å². The molecule has 50 valence electrons. The largest absolute Gasteiger partial charge is 0.240 e. The van der Waals surface area contributed by atoms with Crippen molar-refractivity contribution in [2.45, 2.75) is 6.42 Å². The Morgan fingerprint density at radius 2 is 2.50 bits per heavy atom. The van der Waals surface area contributed by atoms with Crippen LogP contribution in [0.5, 0.6) is 0 Å². The first-order valence-corrected chi connectivity index (χ1v) is 3.46. The summed E-state index contributed by atoms with van der Waals surface area (Å²) in [6, 6.07) is 3.69. The molecule has 1 rings (SSSR count). The molecule has 0 aliphatic rings. The average Bonchev–Trinajstić information content (AvgIpc) is 1.88. The number of nitriles is 1. The van der Waals surface area contributed by atoms with Crippen molar-refractivity contribution in [2.24, 2.45) is 0 Å². The van der Waals surface area contributed by atoms with Gasteiger partial charge in [0.2, 0.25) is 0 Å². The van der Waals surface area contributed by atoms with E-state index in [0.29, 0.717) is 10.4 Å². The van der Waals surface area contributed by atoms with Crippen molar-refractivity contribution < 1.29 is 0 Å². The fraction of sp³-hybridized carbons (Fsp3) is 0.167. The summed E-state index contributed by atoms with van der Waals surface area (Å²) in [5.74, 6) is 0.553. The molecule has 0 radical (unpaired) electrons. The lowest BCUT2D eigenvalue weighted by atomic mass is 10.4. The smallest absolute Gasteiger partial charge is 0.143 e. The maximum absolute atomic E-state index is 8.27. The average molecular weight is 198 g/mol. The quantitative estimate of drug-likeness (QED) is 0.639. The first-order chi connectivity index (χ1) is 4.83. The second kappa shape index (κ2) is 3.28. The van der Waals surface area contributed by atoms with Gasteiger partial charge in [-0.05, 0) is 22.0 Å². The zero-order valence-electron chi connectivity index (χ0n) is 5.08. The van der Waals surface area contributed by atoms with Crippen molar-refractivity contribution >= 4 is 15.9 Å². The lowest BCUT2D eigenvalue weighted by Gasteiger charge is -1.90. The third-order valence-corrected chi connectivity index (χ3v) is 1.35. The Morgan fingerprint density at radius 1 is 1.70 bits per heavy atom. The number of nitrogens with zero attached hydrogens (tertiary/aromatic N) is 3. The standard InChI is InChI=1S/C6H4BrN3/c7-5-2-4-9-6(10-5)1-3-8/h2,4H,1H2. The molecule has 3 nitrogen and oxygen atoms in total. The summed E-state index contributed by atoms with van der Waals surface area (Å²) in [5, 5.41) is 8.27. The van der Waals surface area contributed by atoms with Crippen LogP contribution in [0, 0.1) is 11.3 Å². The Kier molecular flexibility index (Phi) is 2.35. The van der Waals surface area contributed by atoms with Crippen LogP contribution < -0.4 is 0 Å². The van der Waals surface area contributed by atoms with Gasteiger partial charge >= 0.3 is 0 Å². The lowest BCUT2D eigenvalue weighted by Crippen LogP contribution is -1.91. The molecule has 1 heterocycles. The lowest BCUT2D eigenvalue weighted by molar-refractivity contribution is 0.979. The van der Waals surface area contributed by atoms with Crippen LogP contribution >= 0.6 is 15.9 Å². The molecule has 0 spiro atoms. The van der Waals surface area contributed by atoms with E-state index < -0.39 is 0 Å². The van der Waals surface area contributed by atoms with E-state index in [-0.39, 0.29) is 6.42 Å². The van der Waals surface area contributed by atoms with Crippen LogP contribution in [0.3, 0.4) is 0 Å². The van der Waals surface area contributed by atoms with Crippen LogP contribution in [0.4, 0.5) is 0 Å². The van der Waals surface area contributed by atoms with Gasteiger partial charge in [0, 0.05) is 6.20 Å². The molecule has 0 saturated heterocycles. The zero-order valence-corrected chi connectivity index (χ0v) is 6.67. The first kappa shape index (κ1) is 7.16. The Hall–Kier alpha value is -0.950. The Morgan fingerprint density at radius 3 is 3.10 bits per heavy atom. The van der Waals surface area contributed by atoms with Crippen molar-refractivity contribution in [3.05, 3.63) is 22.7 Å². The van der Waals surface area contributed by atoms with Gasteiger partial charge in [-0.25, -0.2) is 9.97 Å². The maximum Gasteiger partial charge on any atom is 0.143 e. The van der Waals surface area contributed by atoms with Crippen LogP contribution in [0.2, 0.25) is 0 Å². The molecule has 0 atom stereocenters. The maximum atomic E-state index is 8.27. The highest BCUT2D eigenvalue weighted by Crippen LogP contribution is 2.03. The summed E-state index contributed by atoms with van der Waals surface area (Å²) < 4.78 is 0.716. The number of hydrogen-bond donors (Lipinski definition) is 0. The molecule has 0 aromatic carbocycles. The number of halogens is 1. The van der Waals surface area contributed by atoms with E-state index in [4.69, 9.17) is 5.26 Å². The van der Waals surface area contributed by atoms with Gasteiger partial charge in [0.15, 0.2) is 0 Å². The molecule has 0 unspecified atom stereocenters. The van der Waals surface area contributed by atoms with Gasteiger partial charge in [-0.2, -0.15) is 5.26 Å². The SMILES string of the molecule is N#CCc1nccc(Br)n1. The van der Waals surface area contributed by atoms with E-state index in [2.05, 4.69) is 25.9 Å². The van der Waals surface area contributed by atoms with Crippen LogP contribution in [0.15, 0.2) is 16.9 Å². The van der Waals surface area contributed by atoms with Crippen molar-refractivity contribution in [1.82, 2.24) is 9.97 Å². The molecule has 0 amide bonds. The summed E-state index contributed by atoms with van der Waals surface area (Å²) in [5.41, 5.74) is 0. The molecule has 0 aliphatic heterocycles. The fourth-order valence-electron chi connectivity index (χ4n) is 0.530. The predicted molar refractivity (Wildman–Crippen MR) is 39.0 cm³/mol. The first-order valence-electron chi connectivity index (χ1n) is 2.67. The Bertz CT molecular complexity index is 266. The van der Waals surface area contributed by atoms with E-state index in [1.165, 1.54) is 0 Å².